The van der Waals surface area contributed by atoms with Crippen LogP contribution in [-0.2, 0) is 0 Å². The summed E-state index contributed by atoms with van der Waals surface area (Å²) in [7, 11) is 3.11. The van der Waals surface area contributed by atoms with Crippen LogP contribution in [0.2, 0.25) is 0 Å². The Balaban J connectivity index is 1.90. The zero-order valence-corrected chi connectivity index (χ0v) is 16.0. The Hall–Kier alpha value is -3.63. The van der Waals surface area contributed by atoms with E-state index in [0.29, 0.717) is 17.1 Å². The fourth-order valence-corrected chi connectivity index (χ4v) is 3.62. The first-order valence-electron chi connectivity index (χ1n) is 8.24. The third-order valence-corrected chi connectivity index (χ3v) is 5.17. The fourth-order valence-electron chi connectivity index (χ4n) is 2.66. The van der Waals surface area contributed by atoms with Gasteiger partial charge in [0.05, 0.1) is 30.8 Å². The number of nitrogens with zero attached hydrogens (tertiary/aromatic N) is 2. The molecule has 0 N–H and O–H groups in total. The molecule has 0 fully saturated rings. The van der Waals surface area contributed by atoms with Crippen LogP contribution in [-0.4, -0.2) is 19.1 Å². The van der Waals surface area contributed by atoms with Crippen LogP contribution in [0.3, 0.4) is 0 Å². The van der Waals surface area contributed by atoms with E-state index in [1.807, 2.05) is 12.1 Å². The maximum atomic E-state index is 10.8. The largest absolute Gasteiger partial charge is 0.493 e. The molecule has 0 spiro atoms. The molecule has 3 rings (SSSR count). The molecule has 0 radical (unpaired) electrons. The summed E-state index contributed by atoms with van der Waals surface area (Å²) in [4.78, 5) is 12.2. The van der Waals surface area contributed by atoms with Gasteiger partial charge in [-0.25, -0.2) is 0 Å². The number of methoxy groups -OCH3 is 2. The molecular weight excluding hydrogens is 376 g/mol. The van der Waals surface area contributed by atoms with Gasteiger partial charge in [-0.05, 0) is 59.7 Å². The Kier molecular flexibility index (Phi) is 5.72. The van der Waals surface area contributed by atoms with Gasteiger partial charge in [-0.1, -0.05) is 0 Å². The minimum absolute atomic E-state index is 0.0562. The van der Waals surface area contributed by atoms with E-state index in [0.717, 1.165) is 20.9 Å². The Morgan fingerprint density at radius 2 is 1.79 bits per heavy atom. The number of ether oxygens (including phenoxy) is 2. The monoisotopic (exact) mass is 392 g/mol. The Morgan fingerprint density at radius 3 is 2.39 bits per heavy atom. The number of benzene rings is 2. The predicted molar refractivity (Wildman–Crippen MR) is 109 cm³/mol. The molecule has 28 heavy (non-hydrogen) atoms. The molecule has 0 atom stereocenters. The lowest BCUT2D eigenvalue weighted by atomic mass is 10.1. The van der Waals surface area contributed by atoms with E-state index in [1.165, 1.54) is 23.5 Å². The molecule has 3 aromatic rings. The van der Waals surface area contributed by atoms with E-state index in [-0.39, 0.29) is 5.69 Å². The maximum absolute atomic E-state index is 10.8. The fraction of sp³-hybridized carbons (Fsp3) is 0.0952. The lowest BCUT2D eigenvalue weighted by Crippen LogP contribution is -1.92. The lowest BCUT2D eigenvalue weighted by molar-refractivity contribution is -0.384. The van der Waals surface area contributed by atoms with Crippen molar-refractivity contribution in [3.63, 3.8) is 0 Å². The highest BCUT2D eigenvalue weighted by atomic mass is 32.1. The van der Waals surface area contributed by atoms with Gasteiger partial charge in [0.25, 0.3) is 5.69 Å². The molecule has 0 saturated heterocycles. The molecule has 0 aliphatic rings. The minimum atomic E-state index is -0.422. The number of hydrogen-bond donors (Lipinski definition) is 0. The van der Waals surface area contributed by atoms with E-state index in [2.05, 4.69) is 6.07 Å². The van der Waals surface area contributed by atoms with E-state index >= 15 is 0 Å². The van der Waals surface area contributed by atoms with Crippen molar-refractivity contribution in [2.45, 2.75) is 0 Å². The Labute approximate surface area is 166 Å². The van der Waals surface area contributed by atoms with Crippen LogP contribution in [0, 0.1) is 21.4 Å². The topological polar surface area (TPSA) is 85.4 Å². The third-order valence-electron chi connectivity index (χ3n) is 4.09. The van der Waals surface area contributed by atoms with Crippen molar-refractivity contribution in [3.8, 4) is 28.0 Å². The van der Waals surface area contributed by atoms with Crippen molar-refractivity contribution in [2.75, 3.05) is 14.2 Å². The number of nitriles is 1. The summed E-state index contributed by atoms with van der Waals surface area (Å²) >= 11 is 1.50. The molecular formula is C21H16N2O4S. The summed E-state index contributed by atoms with van der Waals surface area (Å²) in [5.74, 6) is 1.15. The van der Waals surface area contributed by atoms with Gasteiger partial charge in [0.15, 0.2) is 11.5 Å². The summed E-state index contributed by atoms with van der Waals surface area (Å²) < 4.78 is 10.5. The van der Waals surface area contributed by atoms with Gasteiger partial charge >= 0.3 is 0 Å². The van der Waals surface area contributed by atoms with Crippen molar-refractivity contribution in [2.24, 2.45) is 0 Å². The summed E-state index contributed by atoms with van der Waals surface area (Å²) in [6.07, 6.45) is 1.81. The van der Waals surface area contributed by atoms with Gasteiger partial charge in [0.1, 0.15) is 0 Å². The Morgan fingerprint density at radius 1 is 1.07 bits per heavy atom. The molecule has 6 nitrogen and oxygen atoms in total. The van der Waals surface area contributed by atoms with E-state index in [1.54, 1.807) is 50.6 Å². The second-order valence-electron chi connectivity index (χ2n) is 5.75. The van der Waals surface area contributed by atoms with Crippen molar-refractivity contribution in [1.29, 1.82) is 5.26 Å². The predicted octanol–water partition coefficient (Wildman–Crippen LogP) is 5.40. The normalized spacial score (nSPS) is 11.0. The second kappa shape index (κ2) is 8.37. The third kappa shape index (κ3) is 4.03. The van der Waals surface area contributed by atoms with Crippen molar-refractivity contribution in [3.05, 3.63) is 75.2 Å². The molecule has 0 bridgehead atoms. The van der Waals surface area contributed by atoms with Gasteiger partial charge in [-0.15, -0.1) is 11.3 Å². The van der Waals surface area contributed by atoms with Crippen LogP contribution in [0.1, 0.15) is 10.4 Å². The van der Waals surface area contributed by atoms with Crippen LogP contribution in [0.4, 0.5) is 5.69 Å². The highest BCUT2D eigenvalue weighted by Crippen LogP contribution is 2.34. The van der Waals surface area contributed by atoms with E-state index < -0.39 is 4.92 Å². The van der Waals surface area contributed by atoms with E-state index in [4.69, 9.17) is 9.47 Å². The summed E-state index contributed by atoms with van der Waals surface area (Å²) in [6.45, 7) is 0. The van der Waals surface area contributed by atoms with Gasteiger partial charge in [-0.3, -0.25) is 10.1 Å². The molecule has 0 unspecified atom stereocenters. The number of non-ortho nitro benzene ring substituents is 1. The smallest absolute Gasteiger partial charge is 0.269 e. The van der Waals surface area contributed by atoms with Gasteiger partial charge < -0.3 is 9.47 Å². The van der Waals surface area contributed by atoms with Crippen molar-refractivity contribution < 1.29 is 14.4 Å². The highest BCUT2D eigenvalue weighted by Gasteiger charge is 2.10. The van der Waals surface area contributed by atoms with Crippen molar-refractivity contribution >= 4 is 28.7 Å². The first kappa shape index (κ1) is 19.1. The molecule has 1 aromatic heterocycles. The second-order valence-corrected chi connectivity index (χ2v) is 6.86. The van der Waals surface area contributed by atoms with E-state index in [9.17, 15) is 15.4 Å². The summed E-state index contributed by atoms with van der Waals surface area (Å²) in [5, 5.41) is 20.4. The zero-order valence-electron chi connectivity index (χ0n) is 15.2. The number of nitro groups is 1. The first-order valence-corrected chi connectivity index (χ1v) is 9.06. The zero-order chi connectivity index (χ0) is 20.1. The van der Waals surface area contributed by atoms with Gasteiger partial charge in [0.2, 0.25) is 0 Å². The Bertz CT molecular complexity index is 1080. The number of allylic oxidation sites excluding steroid dienone is 1. The number of hydrogen-bond acceptors (Lipinski definition) is 6. The summed E-state index contributed by atoms with van der Waals surface area (Å²) in [5.41, 5.74) is 2.17. The molecule has 0 amide bonds. The number of thiophene rings is 1. The average molecular weight is 392 g/mol. The lowest BCUT2D eigenvalue weighted by Gasteiger charge is -2.08. The molecule has 0 aliphatic carbocycles. The maximum Gasteiger partial charge on any atom is 0.269 e. The average Bonchev–Trinajstić information content (AvgIpc) is 3.20. The van der Waals surface area contributed by atoms with Crippen LogP contribution in [0.25, 0.3) is 22.1 Å². The molecule has 0 saturated carbocycles. The van der Waals surface area contributed by atoms with Crippen LogP contribution >= 0.6 is 11.3 Å². The standard InChI is InChI=1S/C21H16N2O4S/c1-26-19-9-5-15(12-20(19)27-2)16(13-22)11-18-8-10-21(28-18)14-3-6-17(7-4-14)23(24)25/h3-12H,1-2H3. The number of nitro benzene ring substituents is 1. The van der Waals surface area contributed by atoms with Gasteiger partial charge in [-0.2, -0.15) is 5.26 Å². The van der Waals surface area contributed by atoms with Crippen molar-refractivity contribution in [1.82, 2.24) is 0 Å². The SMILES string of the molecule is COc1ccc(C(C#N)=Cc2ccc(-c3ccc([N+](=O)[O-])cc3)s2)cc1OC. The quantitative estimate of drug-likeness (QED) is 0.318. The molecule has 1 heterocycles. The van der Waals surface area contributed by atoms with Crippen LogP contribution < -0.4 is 9.47 Å². The van der Waals surface area contributed by atoms with Gasteiger partial charge in [0, 0.05) is 21.9 Å². The highest BCUT2D eigenvalue weighted by molar-refractivity contribution is 7.16. The summed E-state index contributed by atoms with van der Waals surface area (Å²) in [6, 6.07) is 17.8. The molecule has 7 heteroatoms. The molecule has 0 aliphatic heterocycles. The molecule has 2 aromatic carbocycles. The molecule has 140 valence electrons. The first-order chi connectivity index (χ1) is 13.5. The van der Waals surface area contributed by atoms with Crippen LogP contribution in [0.5, 0.6) is 11.5 Å². The number of rotatable bonds is 6. The van der Waals surface area contributed by atoms with Crippen LogP contribution in [0.15, 0.2) is 54.6 Å². The minimum Gasteiger partial charge on any atom is -0.493 e.